The van der Waals surface area contributed by atoms with Crippen molar-refractivity contribution in [2.45, 2.75) is 45.4 Å². The van der Waals surface area contributed by atoms with E-state index in [1.165, 1.54) is 24.8 Å². The van der Waals surface area contributed by atoms with Gasteiger partial charge in [0.2, 0.25) is 0 Å². The third kappa shape index (κ3) is 1.27. The second-order valence-corrected chi connectivity index (χ2v) is 5.11. The van der Waals surface area contributed by atoms with Gasteiger partial charge in [0, 0.05) is 0 Å². The van der Waals surface area contributed by atoms with Crippen molar-refractivity contribution in [1.82, 2.24) is 0 Å². The maximum atomic E-state index is 2.44. The van der Waals surface area contributed by atoms with Gasteiger partial charge in [-0.1, -0.05) is 32.1 Å². The van der Waals surface area contributed by atoms with Gasteiger partial charge in [0.15, 0.2) is 0 Å². The highest BCUT2D eigenvalue weighted by Gasteiger charge is 2.22. The van der Waals surface area contributed by atoms with Crippen LogP contribution in [0.15, 0.2) is 12.1 Å². The van der Waals surface area contributed by atoms with Crippen LogP contribution in [0.25, 0.3) is 6.08 Å². The summed E-state index contributed by atoms with van der Waals surface area (Å²) in [5.74, 6) is 0.687. The molecule has 1 aromatic carbocycles. The lowest BCUT2D eigenvalue weighted by Crippen LogP contribution is -2.02. The van der Waals surface area contributed by atoms with Crippen LogP contribution in [-0.4, -0.2) is 0 Å². The molecule has 15 heavy (non-hydrogen) atoms. The molecule has 0 nitrogen and oxygen atoms in total. The SMILES string of the molecule is CC(C)c1c2c(cc3c1CCC3)C=CC2. The van der Waals surface area contributed by atoms with Crippen molar-refractivity contribution in [2.75, 3.05) is 0 Å². The molecule has 0 spiro atoms. The molecule has 0 aromatic heterocycles. The Morgan fingerprint density at radius 3 is 2.80 bits per heavy atom. The smallest absolute Gasteiger partial charge is 0.00852 e. The first-order valence-electron chi connectivity index (χ1n) is 6.11. The Kier molecular flexibility index (Phi) is 1.98. The molecule has 2 aliphatic carbocycles. The van der Waals surface area contributed by atoms with Crippen molar-refractivity contribution in [2.24, 2.45) is 0 Å². The van der Waals surface area contributed by atoms with Crippen LogP contribution in [0, 0.1) is 0 Å². The third-order valence-corrected chi connectivity index (χ3v) is 3.79. The Bertz CT molecular complexity index is 432. The van der Waals surface area contributed by atoms with Gasteiger partial charge in [0.25, 0.3) is 0 Å². The molecule has 0 heteroatoms. The van der Waals surface area contributed by atoms with Crippen molar-refractivity contribution < 1.29 is 0 Å². The first-order valence-corrected chi connectivity index (χ1v) is 6.11. The lowest BCUT2D eigenvalue weighted by atomic mass is 9.87. The highest BCUT2D eigenvalue weighted by atomic mass is 14.3. The van der Waals surface area contributed by atoms with E-state index in [4.69, 9.17) is 0 Å². The number of allylic oxidation sites excluding steroid dienone is 1. The molecule has 2 aliphatic rings. The molecule has 0 aliphatic heterocycles. The van der Waals surface area contributed by atoms with Crippen molar-refractivity contribution in [3.8, 4) is 0 Å². The van der Waals surface area contributed by atoms with E-state index in [-0.39, 0.29) is 0 Å². The summed E-state index contributed by atoms with van der Waals surface area (Å²) in [6.07, 6.45) is 9.76. The Labute approximate surface area is 92.0 Å². The molecular weight excluding hydrogens is 180 g/mol. The second kappa shape index (κ2) is 3.23. The monoisotopic (exact) mass is 198 g/mol. The Hall–Kier alpha value is -1.04. The summed E-state index contributed by atoms with van der Waals surface area (Å²) in [5.41, 5.74) is 8.10. The third-order valence-electron chi connectivity index (χ3n) is 3.79. The number of fused-ring (bicyclic) bond motifs is 2. The van der Waals surface area contributed by atoms with E-state index in [1.54, 1.807) is 22.3 Å². The molecule has 1 aromatic rings. The molecule has 0 atom stereocenters. The quantitative estimate of drug-likeness (QED) is 0.642. The summed E-state index contributed by atoms with van der Waals surface area (Å²) in [6.45, 7) is 4.68. The second-order valence-electron chi connectivity index (χ2n) is 5.11. The van der Waals surface area contributed by atoms with E-state index in [9.17, 15) is 0 Å². The van der Waals surface area contributed by atoms with Gasteiger partial charge in [-0.05, 0) is 59.4 Å². The van der Waals surface area contributed by atoms with Crippen molar-refractivity contribution in [1.29, 1.82) is 0 Å². The molecule has 0 N–H and O–H groups in total. The summed E-state index contributed by atoms with van der Waals surface area (Å²) < 4.78 is 0. The fraction of sp³-hybridized carbons (Fsp3) is 0.467. The van der Waals surface area contributed by atoms with E-state index in [0.717, 1.165) is 6.42 Å². The predicted molar refractivity (Wildman–Crippen MR) is 65.3 cm³/mol. The van der Waals surface area contributed by atoms with Crippen LogP contribution in [-0.2, 0) is 19.3 Å². The number of hydrogen-bond acceptors (Lipinski definition) is 0. The van der Waals surface area contributed by atoms with Gasteiger partial charge in [-0.25, -0.2) is 0 Å². The van der Waals surface area contributed by atoms with Gasteiger partial charge in [-0.15, -0.1) is 0 Å². The van der Waals surface area contributed by atoms with E-state index in [1.807, 2.05) is 0 Å². The van der Waals surface area contributed by atoms with Crippen LogP contribution < -0.4 is 0 Å². The molecule has 0 saturated carbocycles. The molecule has 0 amide bonds. The van der Waals surface area contributed by atoms with Gasteiger partial charge >= 0.3 is 0 Å². The van der Waals surface area contributed by atoms with E-state index in [2.05, 4.69) is 32.1 Å². The molecule has 0 saturated heterocycles. The minimum Gasteiger partial charge on any atom is -0.0795 e. The Morgan fingerprint density at radius 1 is 1.13 bits per heavy atom. The maximum absolute atomic E-state index is 2.44. The van der Waals surface area contributed by atoms with Crippen LogP contribution in [0.3, 0.4) is 0 Å². The van der Waals surface area contributed by atoms with Crippen LogP contribution in [0.4, 0.5) is 0 Å². The normalized spacial score (nSPS) is 17.3. The predicted octanol–water partition coefficient (Wildman–Crippen LogP) is 3.87. The summed E-state index contributed by atoms with van der Waals surface area (Å²) >= 11 is 0. The molecule has 0 heterocycles. The van der Waals surface area contributed by atoms with Gasteiger partial charge in [-0.2, -0.15) is 0 Å². The topological polar surface area (TPSA) is 0 Å². The minimum atomic E-state index is 0.687. The largest absolute Gasteiger partial charge is 0.0795 e. The highest BCUT2D eigenvalue weighted by Crippen LogP contribution is 2.37. The van der Waals surface area contributed by atoms with Crippen LogP contribution >= 0.6 is 0 Å². The highest BCUT2D eigenvalue weighted by molar-refractivity contribution is 5.66. The molecule has 3 rings (SSSR count). The average Bonchev–Trinajstić information content (AvgIpc) is 2.79. The molecular formula is C15H18. The average molecular weight is 198 g/mol. The molecule has 0 bridgehead atoms. The molecule has 78 valence electrons. The number of hydrogen-bond donors (Lipinski definition) is 0. The van der Waals surface area contributed by atoms with Crippen LogP contribution in [0.2, 0.25) is 0 Å². The van der Waals surface area contributed by atoms with Gasteiger partial charge in [-0.3, -0.25) is 0 Å². The van der Waals surface area contributed by atoms with Crippen molar-refractivity contribution in [3.05, 3.63) is 40.0 Å². The Morgan fingerprint density at radius 2 is 2.00 bits per heavy atom. The van der Waals surface area contributed by atoms with Gasteiger partial charge in [0.05, 0.1) is 0 Å². The van der Waals surface area contributed by atoms with E-state index >= 15 is 0 Å². The number of rotatable bonds is 1. The fourth-order valence-corrected chi connectivity index (χ4v) is 3.22. The Balaban J connectivity index is 2.27. The summed E-state index contributed by atoms with van der Waals surface area (Å²) in [6, 6.07) is 2.44. The number of aryl methyl sites for hydroxylation is 1. The first kappa shape index (κ1) is 9.21. The zero-order chi connectivity index (χ0) is 10.4. The van der Waals surface area contributed by atoms with Crippen LogP contribution in [0.5, 0.6) is 0 Å². The van der Waals surface area contributed by atoms with E-state index in [0.29, 0.717) is 5.92 Å². The zero-order valence-corrected chi connectivity index (χ0v) is 9.64. The zero-order valence-electron chi connectivity index (χ0n) is 9.64. The molecule has 0 radical (unpaired) electrons. The van der Waals surface area contributed by atoms with Gasteiger partial charge < -0.3 is 0 Å². The fourth-order valence-electron chi connectivity index (χ4n) is 3.22. The molecule has 0 fully saturated rings. The summed E-state index contributed by atoms with van der Waals surface area (Å²) in [4.78, 5) is 0. The summed E-state index contributed by atoms with van der Waals surface area (Å²) in [5, 5.41) is 0. The van der Waals surface area contributed by atoms with Crippen molar-refractivity contribution in [3.63, 3.8) is 0 Å². The van der Waals surface area contributed by atoms with Crippen LogP contribution in [0.1, 0.15) is 54.0 Å². The summed E-state index contributed by atoms with van der Waals surface area (Å²) in [7, 11) is 0. The van der Waals surface area contributed by atoms with E-state index < -0.39 is 0 Å². The minimum absolute atomic E-state index is 0.687. The number of benzene rings is 1. The van der Waals surface area contributed by atoms with Crippen molar-refractivity contribution >= 4 is 6.08 Å². The molecule has 0 unspecified atom stereocenters. The lowest BCUT2D eigenvalue weighted by molar-refractivity contribution is 0.825. The van der Waals surface area contributed by atoms with Gasteiger partial charge in [0.1, 0.15) is 0 Å². The first-order chi connectivity index (χ1) is 7.27. The standard InChI is InChI=1S/C15H18/c1-10(2)15-13-7-3-5-11(13)9-12-6-4-8-14(12)15/h3,5,9-10H,4,6-8H2,1-2H3. The lowest BCUT2D eigenvalue weighted by Gasteiger charge is -2.17. The maximum Gasteiger partial charge on any atom is -0.00852 e.